The predicted molar refractivity (Wildman–Crippen MR) is 75.4 cm³/mol. The highest BCUT2D eigenvalue weighted by atomic mass is 32.2. The van der Waals surface area contributed by atoms with Crippen LogP contribution in [-0.4, -0.2) is 13.4 Å². The van der Waals surface area contributed by atoms with Crippen LogP contribution < -0.4 is 10.5 Å². The third kappa shape index (κ3) is 2.85. The molecular formula is C13H15N3O2S. The minimum atomic E-state index is -3.62. The van der Waals surface area contributed by atoms with Gasteiger partial charge in [-0.25, -0.2) is 8.42 Å². The molecule has 0 atom stereocenters. The van der Waals surface area contributed by atoms with E-state index in [0.29, 0.717) is 17.1 Å². The van der Waals surface area contributed by atoms with Crippen LogP contribution in [-0.2, 0) is 10.0 Å². The van der Waals surface area contributed by atoms with Gasteiger partial charge in [0.1, 0.15) is 0 Å². The van der Waals surface area contributed by atoms with Crippen LogP contribution in [0, 0.1) is 13.8 Å². The molecule has 0 amide bonds. The van der Waals surface area contributed by atoms with E-state index in [1.807, 2.05) is 0 Å². The summed E-state index contributed by atoms with van der Waals surface area (Å²) in [6, 6.07) is 7.96. The number of nitrogen functional groups attached to an aromatic ring is 1. The molecule has 1 aromatic carbocycles. The van der Waals surface area contributed by atoms with E-state index in [1.54, 1.807) is 44.3 Å². The fourth-order valence-corrected chi connectivity index (χ4v) is 2.81. The Bertz CT molecular complexity index is 712. The number of pyridine rings is 1. The number of hydrogen-bond acceptors (Lipinski definition) is 4. The summed E-state index contributed by atoms with van der Waals surface area (Å²) in [5.41, 5.74) is 8.07. The molecule has 19 heavy (non-hydrogen) atoms. The highest BCUT2D eigenvalue weighted by molar-refractivity contribution is 7.92. The van der Waals surface area contributed by atoms with Crippen molar-refractivity contribution in [3.63, 3.8) is 0 Å². The van der Waals surface area contributed by atoms with Gasteiger partial charge in [-0.1, -0.05) is 0 Å². The lowest BCUT2D eigenvalue weighted by Gasteiger charge is -2.10. The van der Waals surface area contributed by atoms with Crippen molar-refractivity contribution in [2.24, 2.45) is 0 Å². The third-order valence-corrected chi connectivity index (χ3v) is 4.17. The smallest absolute Gasteiger partial charge is 0.261 e. The van der Waals surface area contributed by atoms with E-state index in [4.69, 9.17) is 5.73 Å². The molecule has 0 spiro atoms. The lowest BCUT2D eigenvalue weighted by atomic mass is 10.2. The Morgan fingerprint density at radius 3 is 2.58 bits per heavy atom. The van der Waals surface area contributed by atoms with Crippen LogP contribution in [0.15, 0.2) is 41.4 Å². The molecule has 2 aromatic rings. The van der Waals surface area contributed by atoms with Crippen LogP contribution in [0.3, 0.4) is 0 Å². The number of aryl methyl sites for hydroxylation is 2. The average Bonchev–Trinajstić information content (AvgIpc) is 2.35. The molecule has 0 saturated carbocycles. The number of aromatic nitrogens is 1. The fraction of sp³-hybridized carbons (Fsp3) is 0.154. The Labute approximate surface area is 112 Å². The second kappa shape index (κ2) is 4.89. The van der Waals surface area contributed by atoms with Crippen molar-refractivity contribution in [2.75, 3.05) is 10.5 Å². The summed E-state index contributed by atoms with van der Waals surface area (Å²) in [7, 11) is -3.62. The van der Waals surface area contributed by atoms with E-state index in [1.165, 1.54) is 6.07 Å². The van der Waals surface area contributed by atoms with E-state index in [9.17, 15) is 8.42 Å². The average molecular weight is 277 g/mol. The Balaban J connectivity index is 2.38. The SMILES string of the molecule is Cc1cc(S(=O)(=O)Nc2cccnc2C)ccc1N. The van der Waals surface area contributed by atoms with Gasteiger partial charge in [0.05, 0.1) is 16.3 Å². The molecule has 0 aliphatic heterocycles. The molecule has 0 aliphatic carbocycles. The summed E-state index contributed by atoms with van der Waals surface area (Å²) in [5.74, 6) is 0. The van der Waals surface area contributed by atoms with Gasteiger partial charge in [0.15, 0.2) is 0 Å². The van der Waals surface area contributed by atoms with Crippen molar-refractivity contribution >= 4 is 21.4 Å². The molecule has 6 heteroatoms. The van der Waals surface area contributed by atoms with Crippen molar-refractivity contribution < 1.29 is 8.42 Å². The number of sulfonamides is 1. The molecule has 3 N–H and O–H groups in total. The standard InChI is InChI=1S/C13H15N3O2S/c1-9-8-11(5-6-12(9)14)19(17,18)16-13-4-3-7-15-10(13)2/h3-8,16H,14H2,1-2H3. The first kappa shape index (κ1) is 13.4. The lowest BCUT2D eigenvalue weighted by molar-refractivity contribution is 0.601. The van der Waals surface area contributed by atoms with Gasteiger partial charge in [-0.05, 0) is 49.7 Å². The third-order valence-electron chi connectivity index (χ3n) is 2.80. The van der Waals surface area contributed by atoms with Gasteiger partial charge in [0, 0.05) is 11.9 Å². The summed E-state index contributed by atoms with van der Waals surface area (Å²) >= 11 is 0. The largest absolute Gasteiger partial charge is 0.399 e. The zero-order valence-electron chi connectivity index (χ0n) is 10.7. The van der Waals surface area contributed by atoms with E-state index in [2.05, 4.69) is 9.71 Å². The van der Waals surface area contributed by atoms with Gasteiger partial charge >= 0.3 is 0 Å². The normalized spacial score (nSPS) is 11.3. The Morgan fingerprint density at radius 1 is 1.21 bits per heavy atom. The van der Waals surface area contributed by atoms with Crippen LogP contribution in [0.5, 0.6) is 0 Å². The molecule has 2 rings (SSSR count). The van der Waals surface area contributed by atoms with Gasteiger partial charge in [0.25, 0.3) is 10.0 Å². The number of nitrogens with one attached hydrogen (secondary N) is 1. The maximum Gasteiger partial charge on any atom is 0.261 e. The molecule has 5 nitrogen and oxygen atoms in total. The molecule has 0 radical (unpaired) electrons. The summed E-state index contributed by atoms with van der Waals surface area (Å²) in [5, 5.41) is 0. The van der Waals surface area contributed by atoms with Crippen LogP contribution in [0.1, 0.15) is 11.3 Å². The summed E-state index contributed by atoms with van der Waals surface area (Å²) < 4.78 is 27.0. The van der Waals surface area contributed by atoms with Crippen molar-refractivity contribution in [3.05, 3.63) is 47.8 Å². The zero-order valence-corrected chi connectivity index (χ0v) is 11.5. The van der Waals surface area contributed by atoms with Gasteiger partial charge < -0.3 is 5.73 Å². The number of anilines is 2. The molecule has 100 valence electrons. The molecule has 0 fully saturated rings. The molecule has 1 aromatic heterocycles. The molecule has 0 unspecified atom stereocenters. The van der Waals surface area contributed by atoms with E-state index >= 15 is 0 Å². The second-order valence-corrected chi connectivity index (χ2v) is 5.94. The minimum absolute atomic E-state index is 0.183. The first-order valence-corrected chi connectivity index (χ1v) is 7.19. The summed E-state index contributed by atoms with van der Waals surface area (Å²) in [6.07, 6.45) is 1.61. The molecule has 0 bridgehead atoms. The monoisotopic (exact) mass is 277 g/mol. The van der Waals surface area contributed by atoms with Crippen molar-refractivity contribution in [3.8, 4) is 0 Å². The van der Waals surface area contributed by atoms with E-state index in [0.717, 1.165) is 5.56 Å². The van der Waals surface area contributed by atoms with Crippen LogP contribution in [0.2, 0.25) is 0 Å². The van der Waals surface area contributed by atoms with E-state index < -0.39 is 10.0 Å². The Kier molecular flexibility index (Phi) is 3.44. The van der Waals surface area contributed by atoms with Gasteiger partial charge in [0.2, 0.25) is 0 Å². The molecular weight excluding hydrogens is 262 g/mol. The summed E-state index contributed by atoms with van der Waals surface area (Å²) in [4.78, 5) is 4.22. The van der Waals surface area contributed by atoms with Gasteiger partial charge in [-0.2, -0.15) is 0 Å². The fourth-order valence-electron chi connectivity index (χ4n) is 1.61. The topological polar surface area (TPSA) is 85.1 Å². The number of nitrogens with two attached hydrogens (primary N) is 1. The maximum absolute atomic E-state index is 12.2. The highest BCUT2D eigenvalue weighted by Gasteiger charge is 2.16. The van der Waals surface area contributed by atoms with Crippen LogP contribution in [0.4, 0.5) is 11.4 Å². The second-order valence-electron chi connectivity index (χ2n) is 4.26. The summed E-state index contributed by atoms with van der Waals surface area (Å²) in [6.45, 7) is 3.51. The van der Waals surface area contributed by atoms with Crippen molar-refractivity contribution in [1.82, 2.24) is 4.98 Å². The molecule has 0 saturated heterocycles. The quantitative estimate of drug-likeness (QED) is 0.841. The van der Waals surface area contributed by atoms with Gasteiger partial charge in [-0.3, -0.25) is 9.71 Å². The molecule has 0 aliphatic rings. The van der Waals surface area contributed by atoms with Gasteiger partial charge in [-0.15, -0.1) is 0 Å². The number of hydrogen-bond donors (Lipinski definition) is 2. The number of benzene rings is 1. The number of rotatable bonds is 3. The maximum atomic E-state index is 12.2. The van der Waals surface area contributed by atoms with Crippen LogP contribution >= 0.6 is 0 Å². The van der Waals surface area contributed by atoms with Crippen molar-refractivity contribution in [2.45, 2.75) is 18.7 Å². The predicted octanol–water partition coefficient (Wildman–Crippen LogP) is 2.08. The highest BCUT2D eigenvalue weighted by Crippen LogP contribution is 2.20. The molecule has 1 heterocycles. The Morgan fingerprint density at radius 2 is 1.95 bits per heavy atom. The first-order chi connectivity index (χ1) is 8.90. The van der Waals surface area contributed by atoms with Crippen LogP contribution in [0.25, 0.3) is 0 Å². The van der Waals surface area contributed by atoms with Crippen molar-refractivity contribution in [1.29, 1.82) is 0 Å². The Hall–Kier alpha value is -2.08. The lowest BCUT2D eigenvalue weighted by Crippen LogP contribution is -2.14. The first-order valence-electron chi connectivity index (χ1n) is 5.71. The number of nitrogens with zero attached hydrogens (tertiary/aromatic N) is 1. The zero-order chi connectivity index (χ0) is 14.0. The minimum Gasteiger partial charge on any atom is -0.399 e. The van der Waals surface area contributed by atoms with E-state index in [-0.39, 0.29) is 4.90 Å².